The summed E-state index contributed by atoms with van der Waals surface area (Å²) in [5, 5.41) is 3.81. The fourth-order valence-corrected chi connectivity index (χ4v) is 3.77. The van der Waals surface area contributed by atoms with Crippen molar-refractivity contribution in [2.75, 3.05) is 0 Å². The van der Waals surface area contributed by atoms with Crippen LogP contribution in [0.4, 0.5) is 13.2 Å². The smallest absolute Gasteiger partial charge is 0.790 e. The Morgan fingerprint density at radius 3 is 2.17 bits per heavy atom. The van der Waals surface area contributed by atoms with Gasteiger partial charge in [-0.05, 0) is 6.07 Å². The molecule has 19 heteroatoms. The van der Waals surface area contributed by atoms with Crippen LogP contribution in [0.25, 0.3) is 0 Å². The van der Waals surface area contributed by atoms with Crippen LogP contribution in [0, 0.1) is 17.5 Å². The summed E-state index contributed by atoms with van der Waals surface area (Å²) in [7, 11) is -5.78. The van der Waals surface area contributed by atoms with Gasteiger partial charge in [-0.25, -0.2) is 32.8 Å². The third-order valence-electron chi connectivity index (χ3n) is 4.33. The monoisotopic (exact) mass is 545 g/mol. The van der Waals surface area contributed by atoms with Crippen molar-refractivity contribution in [3.05, 3.63) is 72.1 Å². The minimum Gasteiger partial charge on any atom is -0.790 e. The molecule has 13 nitrogen and oxygen atoms in total. The molecule has 0 radical (unpaired) electrons. The number of nitrogens with zero attached hydrogens (tertiary/aromatic N) is 5. The van der Waals surface area contributed by atoms with Gasteiger partial charge in [-0.15, -0.1) is 0 Å². The largest absolute Gasteiger partial charge is 1.00 e. The van der Waals surface area contributed by atoms with Gasteiger partial charge in [0.05, 0.1) is 26.3 Å². The fourth-order valence-electron chi connectivity index (χ4n) is 3.06. The SMILES string of the molecule is C[C@@H](c1ncncc1F)[C@@](Cn1cncn1)(OP(=O)([O-])[O-])c1ccc(F)cc1F.O.O.O.O.[Na+].[Na+]. The van der Waals surface area contributed by atoms with Crippen LogP contribution in [-0.4, -0.2) is 46.6 Å². The van der Waals surface area contributed by atoms with E-state index < -0.39 is 48.9 Å². The van der Waals surface area contributed by atoms with Crippen LogP contribution in [0.1, 0.15) is 24.1 Å². The minimum absolute atomic E-state index is 0. The number of halogens is 3. The number of phosphoric acid groups is 1. The molecule has 0 amide bonds. The molecule has 2 atom stereocenters. The van der Waals surface area contributed by atoms with Crippen LogP contribution in [0.15, 0.2) is 43.4 Å². The molecule has 1 aromatic carbocycles. The molecule has 2 aromatic heterocycles. The standard InChI is InChI=1S/C16H15F3N5O4P.2Na.4H2O/c1-10(15-14(19)5-20-7-22-15)16(28-29(25,26)27,6-24-9-21-8-23-24)12-3-2-11(17)4-13(12)18;;;;;;/h2-5,7-10H,6H2,1H3,(H2,25,26,27);;;4*1H2/q;2*+1;;;;/p-2/t10-,16+;;;;;;/m0....../s1. The molecule has 2 heterocycles. The molecule has 0 spiro atoms. The summed E-state index contributed by atoms with van der Waals surface area (Å²) in [6.45, 7) is 0.704. The quantitative estimate of drug-likeness (QED) is 0.203. The van der Waals surface area contributed by atoms with Crippen LogP contribution < -0.4 is 68.9 Å². The Labute approximate surface area is 241 Å². The van der Waals surface area contributed by atoms with Crippen molar-refractivity contribution in [1.82, 2.24) is 24.7 Å². The molecule has 186 valence electrons. The Bertz CT molecular complexity index is 1070. The second kappa shape index (κ2) is 16.8. The molecule has 0 aliphatic carbocycles. The molecule has 0 aliphatic rings. The molecule has 3 aromatic rings. The van der Waals surface area contributed by atoms with E-state index in [9.17, 15) is 27.5 Å². The van der Waals surface area contributed by atoms with E-state index in [0.29, 0.717) is 6.07 Å². The van der Waals surface area contributed by atoms with Crippen LogP contribution in [0.2, 0.25) is 0 Å². The van der Waals surface area contributed by atoms with E-state index in [0.717, 1.165) is 42.0 Å². The van der Waals surface area contributed by atoms with Gasteiger partial charge in [0, 0.05) is 17.5 Å². The summed E-state index contributed by atoms with van der Waals surface area (Å²) < 4.78 is 60.1. The molecular formula is C16H21F3N5Na2O8P. The number of hydrogen-bond acceptors (Lipinski definition) is 8. The number of aromatic nitrogens is 5. The minimum atomic E-state index is -5.78. The normalized spacial score (nSPS) is 12.5. The van der Waals surface area contributed by atoms with Gasteiger partial charge in [-0.3, -0.25) is 0 Å². The second-order valence-electron chi connectivity index (χ2n) is 6.12. The maximum atomic E-state index is 14.7. The van der Waals surface area contributed by atoms with Gasteiger partial charge in [0.2, 0.25) is 0 Å². The number of hydrogen-bond donors (Lipinski definition) is 0. The first-order valence-electron chi connectivity index (χ1n) is 8.08. The van der Waals surface area contributed by atoms with Crippen molar-refractivity contribution >= 4 is 7.82 Å². The van der Waals surface area contributed by atoms with E-state index in [1.165, 1.54) is 6.92 Å². The number of benzene rings is 1. The predicted octanol–water partition coefficient (Wildman–Crippen LogP) is -8.26. The number of rotatable bonds is 7. The zero-order chi connectivity index (χ0) is 21.2. The zero-order valence-corrected chi connectivity index (χ0v) is 23.7. The molecular weight excluding hydrogens is 524 g/mol. The van der Waals surface area contributed by atoms with E-state index in [1.54, 1.807) is 0 Å². The molecule has 0 bridgehead atoms. The molecule has 0 saturated heterocycles. The van der Waals surface area contributed by atoms with E-state index in [1.807, 2.05) is 0 Å². The topological polar surface area (TPSA) is 255 Å². The van der Waals surface area contributed by atoms with E-state index in [2.05, 4.69) is 20.1 Å². The molecule has 0 saturated carbocycles. The second-order valence-corrected chi connectivity index (χ2v) is 7.20. The third kappa shape index (κ3) is 9.87. The Kier molecular flexibility index (Phi) is 19.9. The Morgan fingerprint density at radius 1 is 1.06 bits per heavy atom. The summed E-state index contributed by atoms with van der Waals surface area (Å²) >= 11 is 0. The Hall–Kier alpha value is -0.820. The van der Waals surface area contributed by atoms with E-state index >= 15 is 0 Å². The average molecular weight is 545 g/mol. The van der Waals surface area contributed by atoms with Gasteiger partial charge in [0.15, 0.2) is 5.82 Å². The molecule has 35 heavy (non-hydrogen) atoms. The van der Waals surface area contributed by atoms with E-state index in [-0.39, 0.29) is 86.7 Å². The first kappa shape index (κ1) is 41.3. The van der Waals surface area contributed by atoms with Crippen LogP contribution in [0.3, 0.4) is 0 Å². The van der Waals surface area contributed by atoms with Crippen molar-refractivity contribution in [3.8, 4) is 0 Å². The van der Waals surface area contributed by atoms with Crippen molar-refractivity contribution in [3.63, 3.8) is 0 Å². The summed E-state index contributed by atoms with van der Waals surface area (Å²) in [4.78, 5) is 34.2. The van der Waals surface area contributed by atoms with Crippen molar-refractivity contribution in [1.29, 1.82) is 0 Å². The van der Waals surface area contributed by atoms with Crippen molar-refractivity contribution < 1.29 is 113 Å². The zero-order valence-electron chi connectivity index (χ0n) is 18.8. The molecule has 0 unspecified atom stereocenters. The molecule has 8 N–H and O–H groups in total. The van der Waals surface area contributed by atoms with Crippen LogP contribution in [-0.2, 0) is 21.2 Å². The molecule has 3 rings (SSSR count). The van der Waals surface area contributed by atoms with Gasteiger partial charge in [0.25, 0.3) is 0 Å². The first-order valence-corrected chi connectivity index (χ1v) is 9.54. The Morgan fingerprint density at radius 2 is 1.69 bits per heavy atom. The predicted molar refractivity (Wildman–Crippen MR) is 102 cm³/mol. The maximum Gasteiger partial charge on any atom is 1.00 e. The van der Waals surface area contributed by atoms with Crippen LogP contribution >= 0.6 is 7.82 Å². The van der Waals surface area contributed by atoms with Crippen LogP contribution in [0.5, 0.6) is 0 Å². The average Bonchev–Trinajstić information content (AvgIpc) is 3.12. The third-order valence-corrected chi connectivity index (χ3v) is 4.88. The summed E-state index contributed by atoms with van der Waals surface area (Å²) in [5.41, 5.74) is -3.22. The summed E-state index contributed by atoms with van der Waals surface area (Å²) in [6, 6.07) is 2.24. The summed E-state index contributed by atoms with van der Waals surface area (Å²) in [6.07, 6.45) is 4.07. The Balaban J connectivity index is -0.000000801. The van der Waals surface area contributed by atoms with Gasteiger partial charge >= 0.3 is 59.1 Å². The first-order chi connectivity index (χ1) is 13.6. The van der Waals surface area contributed by atoms with Gasteiger partial charge in [-0.2, -0.15) is 5.10 Å². The number of phosphoric ester groups is 1. The summed E-state index contributed by atoms with van der Waals surface area (Å²) in [5.74, 6) is -4.46. The van der Waals surface area contributed by atoms with Gasteiger partial charge in [0.1, 0.15) is 36.2 Å². The molecule has 0 fully saturated rings. The van der Waals surface area contributed by atoms with Gasteiger partial charge < -0.3 is 40.8 Å². The fraction of sp³-hybridized carbons (Fsp3) is 0.250. The van der Waals surface area contributed by atoms with Crippen molar-refractivity contribution in [2.24, 2.45) is 0 Å². The molecule has 0 aliphatic heterocycles. The van der Waals surface area contributed by atoms with E-state index in [4.69, 9.17) is 4.52 Å². The van der Waals surface area contributed by atoms with Crippen molar-refractivity contribution in [2.45, 2.75) is 25.0 Å². The van der Waals surface area contributed by atoms with Gasteiger partial charge in [-0.1, -0.05) is 13.0 Å². The maximum absolute atomic E-state index is 14.7.